The van der Waals surface area contributed by atoms with E-state index in [0.29, 0.717) is 16.6 Å². The summed E-state index contributed by atoms with van der Waals surface area (Å²) in [5, 5.41) is 15.9. The van der Waals surface area contributed by atoms with E-state index in [-0.39, 0.29) is 5.56 Å². The van der Waals surface area contributed by atoms with Crippen molar-refractivity contribution in [2.45, 2.75) is 6.92 Å². The van der Waals surface area contributed by atoms with E-state index in [9.17, 15) is 19.6 Å². The summed E-state index contributed by atoms with van der Waals surface area (Å²) in [6.45, 7) is 0.376. The number of anilines is 1. The quantitative estimate of drug-likeness (QED) is 0.267. The van der Waals surface area contributed by atoms with Gasteiger partial charge in [0.15, 0.2) is 6.54 Å². The summed E-state index contributed by atoms with van der Waals surface area (Å²) in [4.78, 5) is 37.6. The molecule has 0 spiro atoms. The number of hydrogen-bond acceptors (Lipinski definition) is 5. The maximum absolute atomic E-state index is 12.1. The zero-order valence-electron chi connectivity index (χ0n) is 14.0. The Balaban J connectivity index is 1.82. The summed E-state index contributed by atoms with van der Waals surface area (Å²) in [5.41, 5.74) is 0.971. The van der Waals surface area contributed by atoms with Crippen LogP contribution < -0.4 is 15.9 Å². The molecule has 0 saturated heterocycles. The number of carbonyl (C=O) groups excluding carboxylic acids is 2. The molecule has 0 bridgehead atoms. The van der Waals surface area contributed by atoms with E-state index in [1.54, 1.807) is 30.3 Å². The number of quaternary nitrogens is 1. The average molecular weight is 355 g/mol. The molecule has 1 heterocycles. The first-order chi connectivity index (χ1) is 12.4. The minimum atomic E-state index is -0.575. The normalized spacial score (nSPS) is 12.1. The number of esters is 1. The van der Waals surface area contributed by atoms with Gasteiger partial charge in [-0.1, -0.05) is 18.2 Å². The summed E-state index contributed by atoms with van der Waals surface area (Å²) in [7, 11) is 0. The molecular formula is C18H17N3O5. The molecule has 0 fully saturated rings. The number of aromatic nitrogens is 1. The molecule has 2 aromatic carbocycles. The highest BCUT2D eigenvalue weighted by Crippen LogP contribution is 2.24. The van der Waals surface area contributed by atoms with Crippen LogP contribution in [0.25, 0.3) is 21.7 Å². The van der Waals surface area contributed by atoms with Gasteiger partial charge in [0.1, 0.15) is 0 Å². The number of aromatic amines is 1. The van der Waals surface area contributed by atoms with Crippen molar-refractivity contribution >= 4 is 39.2 Å². The number of ether oxygens (including phenoxy) is 1. The van der Waals surface area contributed by atoms with Crippen LogP contribution in [0.2, 0.25) is 0 Å². The molecule has 3 rings (SSSR count). The summed E-state index contributed by atoms with van der Waals surface area (Å²) in [6, 6.07) is 12.3. The first-order valence-corrected chi connectivity index (χ1v) is 7.94. The number of H-pyrrole nitrogens is 1. The zero-order chi connectivity index (χ0) is 18.7. The maximum Gasteiger partial charge on any atom is 0.306 e. The smallest absolute Gasteiger partial charge is 0.306 e. The number of hydroxylamine groups is 2. The van der Waals surface area contributed by atoms with Gasteiger partial charge in [0, 0.05) is 28.9 Å². The van der Waals surface area contributed by atoms with E-state index >= 15 is 0 Å². The number of pyridine rings is 1. The molecule has 1 unspecified atom stereocenters. The van der Waals surface area contributed by atoms with E-state index in [1.165, 1.54) is 6.92 Å². The van der Waals surface area contributed by atoms with Gasteiger partial charge in [-0.05, 0) is 29.7 Å². The second-order valence-electron chi connectivity index (χ2n) is 5.80. The van der Waals surface area contributed by atoms with Gasteiger partial charge in [-0.2, -0.15) is 0 Å². The lowest BCUT2D eigenvalue weighted by atomic mass is 10.1. The molecule has 3 N–H and O–H groups in total. The van der Waals surface area contributed by atoms with Crippen LogP contribution in [-0.4, -0.2) is 30.1 Å². The summed E-state index contributed by atoms with van der Waals surface area (Å²) in [6.07, 6.45) is 0. The van der Waals surface area contributed by atoms with Crippen molar-refractivity contribution in [2.24, 2.45) is 0 Å². The largest absolute Gasteiger partial charge is 0.631 e. The molecule has 3 aromatic rings. The molecule has 0 aliphatic rings. The van der Waals surface area contributed by atoms with Crippen LogP contribution in [-0.2, 0) is 14.3 Å². The molecule has 134 valence electrons. The Morgan fingerprint density at radius 1 is 1.15 bits per heavy atom. The van der Waals surface area contributed by atoms with Crippen molar-refractivity contribution in [3.63, 3.8) is 0 Å². The van der Waals surface area contributed by atoms with Gasteiger partial charge in [0.2, 0.25) is 6.73 Å². The van der Waals surface area contributed by atoms with Crippen molar-refractivity contribution in [2.75, 3.05) is 18.6 Å². The van der Waals surface area contributed by atoms with E-state index in [2.05, 4.69) is 15.0 Å². The first-order valence-electron chi connectivity index (χ1n) is 7.94. The van der Waals surface area contributed by atoms with Crippen LogP contribution in [0.5, 0.6) is 0 Å². The Morgan fingerprint density at radius 3 is 2.62 bits per heavy atom. The van der Waals surface area contributed by atoms with Crippen LogP contribution >= 0.6 is 0 Å². The van der Waals surface area contributed by atoms with E-state index in [0.717, 1.165) is 10.8 Å². The fraction of sp³-hybridized carbons (Fsp3) is 0.167. The van der Waals surface area contributed by atoms with Gasteiger partial charge >= 0.3 is 5.97 Å². The number of fused-ring (bicyclic) bond motifs is 3. The van der Waals surface area contributed by atoms with Crippen LogP contribution in [0.4, 0.5) is 5.69 Å². The fourth-order valence-electron chi connectivity index (χ4n) is 2.68. The average Bonchev–Trinajstić information content (AvgIpc) is 2.61. The van der Waals surface area contributed by atoms with Gasteiger partial charge in [-0.3, -0.25) is 14.4 Å². The van der Waals surface area contributed by atoms with Crippen molar-refractivity contribution in [1.82, 2.24) is 4.98 Å². The zero-order valence-corrected chi connectivity index (χ0v) is 14.0. The molecule has 1 aromatic heterocycles. The molecule has 8 nitrogen and oxygen atoms in total. The Morgan fingerprint density at radius 2 is 1.88 bits per heavy atom. The van der Waals surface area contributed by atoms with Gasteiger partial charge < -0.3 is 25.3 Å². The molecule has 8 heteroatoms. The highest BCUT2D eigenvalue weighted by molar-refractivity contribution is 6.07. The Kier molecular flexibility index (Phi) is 4.97. The number of hydrogen-bond donors (Lipinski definition) is 3. The molecule has 0 aliphatic carbocycles. The standard InChI is InChI=1S/C18H17N3O5/c1-11(22)26-10-21(25)9-17(23)19-12-6-7-16-15(8-12)13-4-2-3-5-14(13)18(24)20-16/h2-8,21H,9-10H2,1H3,(H,19,23)(H,20,24). The predicted molar refractivity (Wildman–Crippen MR) is 96.5 cm³/mol. The first kappa shape index (κ1) is 17.6. The Labute approximate surface area is 147 Å². The van der Waals surface area contributed by atoms with E-state index < -0.39 is 30.2 Å². The lowest BCUT2D eigenvalue weighted by Gasteiger charge is -2.20. The van der Waals surface area contributed by atoms with Crippen LogP contribution in [0.3, 0.4) is 0 Å². The topological polar surface area (TPSA) is 116 Å². The summed E-state index contributed by atoms with van der Waals surface area (Å²) < 4.78 is 4.57. The van der Waals surface area contributed by atoms with Gasteiger partial charge in [0.05, 0.1) is 0 Å². The van der Waals surface area contributed by atoms with Gasteiger partial charge in [0.25, 0.3) is 11.5 Å². The lowest BCUT2D eigenvalue weighted by molar-refractivity contribution is -0.858. The molecular weight excluding hydrogens is 338 g/mol. The van der Waals surface area contributed by atoms with Crippen LogP contribution in [0.15, 0.2) is 47.3 Å². The molecule has 1 amide bonds. The van der Waals surface area contributed by atoms with Crippen molar-refractivity contribution in [3.8, 4) is 0 Å². The number of nitrogens with one attached hydrogen (secondary N) is 3. The Bertz CT molecular complexity index is 1040. The molecule has 26 heavy (non-hydrogen) atoms. The minimum absolute atomic E-state index is 0.180. The number of benzene rings is 2. The monoisotopic (exact) mass is 355 g/mol. The van der Waals surface area contributed by atoms with Crippen LogP contribution in [0, 0.1) is 5.21 Å². The summed E-state index contributed by atoms with van der Waals surface area (Å²) >= 11 is 0. The third-order valence-electron chi connectivity index (χ3n) is 3.81. The Hall–Kier alpha value is -3.23. The molecule has 0 radical (unpaired) electrons. The van der Waals surface area contributed by atoms with Crippen molar-refractivity contribution < 1.29 is 19.4 Å². The second kappa shape index (κ2) is 7.34. The molecule has 0 saturated carbocycles. The predicted octanol–water partition coefficient (Wildman–Crippen LogP) is 0.523. The third-order valence-corrected chi connectivity index (χ3v) is 3.81. The number of carbonyl (C=O) groups is 2. The number of amides is 1. The fourth-order valence-corrected chi connectivity index (χ4v) is 2.68. The lowest BCUT2D eigenvalue weighted by Crippen LogP contribution is -3.08. The second-order valence-corrected chi connectivity index (χ2v) is 5.80. The highest BCUT2D eigenvalue weighted by atomic mass is 16.6. The van der Waals surface area contributed by atoms with Crippen molar-refractivity contribution in [1.29, 1.82) is 0 Å². The van der Waals surface area contributed by atoms with Gasteiger partial charge in [-0.25, -0.2) is 0 Å². The molecule has 0 aliphatic heterocycles. The minimum Gasteiger partial charge on any atom is -0.631 e. The SMILES string of the molecule is CC(=O)OC[NH+]([O-])CC(=O)Nc1ccc2[nH]c(=O)c3ccccc3c2c1. The molecule has 1 atom stereocenters. The maximum atomic E-state index is 12.1. The van der Waals surface area contributed by atoms with Crippen LogP contribution in [0.1, 0.15) is 6.92 Å². The third kappa shape index (κ3) is 3.88. The van der Waals surface area contributed by atoms with E-state index in [1.807, 2.05) is 12.1 Å². The van der Waals surface area contributed by atoms with Gasteiger partial charge in [-0.15, -0.1) is 0 Å². The van der Waals surface area contributed by atoms with E-state index in [4.69, 9.17) is 0 Å². The summed E-state index contributed by atoms with van der Waals surface area (Å²) in [5.74, 6) is -1.08. The number of rotatable bonds is 5. The van der Waals surface area contributed by atoms with Crippen molar-refractivity contribution in [3.05, 3.63) is 58.0 Å². The highest BCUT2D eigenvalue weighted by Gasteiger charge is 2.10.